The Morgan fingerprint density at radius 3 is 2.76 bits per heavy atom. The van der Waals surface area contributed by atoms with Gasteiger partial charge in [-0.1, -0.05) is 31.0 Å². The van der Waals surface area contributed by atoms with Crippen molar-refractivity contribution in [2.45, 2.75) is 44.6 Å². The minimum absolute atomic E-state index is 0.0135. The molecule has 0 unspecified atom stereocenters. The largest absolute Gasteiger partial charge is 0.354 e. The summed E-state index contributed by atoms with van der Waals surface area (Å²) in [6, 6.07) is 7.82. The summed E-state index contributed by atoms with van der Waals surface area (Å²) in [5.41, 5.74) is 1.14. The van der Waals surface area contributed by atoms with Crippen LogP contribution in [0, 0.1) is 5.82 Å². The Balaban J connectivity index is 1.51. The summed E-state index contributed by atoms with van der Waals surface area (Å²) < 4.78 is 15.0. The van der Waals surface area contributed by atoms with Crippen LogP contribution in [0.5, 0.6) is 0 Å². The lowest BCUT2D eigenvalue weighted by molar-refractivity contribution is -0.120. The first-order chi connectivity index (χ1) is 12.1. The van der Waals surface area contributed by atoms with E-state index in [-0.39, 0.29) is 23.7 Å². The normalized spacial score (nSPS) is 14.6. The van der Waals surface area contributed by atoms with Crippen molar-refractivity contribution in [1.82, 2.24) is 14.9 Å². The predicted octanol–water partition coefficient (Wildman–Crippen LogP) is 2.40. The summed E-state index contributed by atoms with van der Waals surface area (Å²) in [5, 5.41) is 2.71. The zero-order valence-electron chi connectivity index (χ0n) is 14.1. The van der Waals surface area contributed by atoms with E-state index in [2.05, 4.69) is 10.3 Å². The van der Waals surface area contributed by atoms with Crippen LogP contribution in [0.15, 0.2) is 41.5 Å². The van der Waals surface area contributed by atoms with Gasteiger partial charge in [0.05, 0.1) is 18.4 Å². The number of nitrogens with one attached hydrogen (secondary N) is 1. The lowest BCUT2D eigenvalue weighted by Crippen LogP contribution is -2.32. The summed E-state index contributed by atoms with van der Waals surface area (Å²) in [7, 11) is 0. The molecule has 1 heterocycles. The Kier molecular flexibility index (Phi) is 5.58. The van der Waals surface area contributed by atoms with E-state index in [1.54, 1.807) is 30.6 Å². The molecule has 1 aliphatic rings. The molecule has 0 atom stereocenters. The highest BCUT2D eigenvalue weighted by atomic mass is 19.1. The fourth-order valence-electron chi connectivity index (χ4n) is 3.25. The summed E-state index contributed by atoms with van der Waals surface area (Å²) in [6.07, 6.45) is 6.14. The molecule has 1 N–H and O–H groups in total. The van der Waals surface area contributed by atoms with Gasteiger partial charge in [-0.2, -0.15) is 0 Å². The standard InChI is InChI=1S/C19H22FN3O2/c20-16-8-4-3-7-15(16)11-18(24)21-9-10-23-13-22-17(12-19(23)25)14-5-1-2-6-14/h3-4,7-8,12-14H,1-2,5-6,9-11H2,(H,21,24). The number of rotatable bonds is 6. The van der Waals surface area contributed by atoms with Crippen molar-refractivity contribution in [3.8, 4) is 0 Å². The van der Waals surface area contributed by atoms with Crippen molar-refractivity contribution in [2.75, 3.05) is 6.54 Å². The molecule has 0 saturated heterocycles. The SMILES string of the molecule is O=C(Cc1ccccc1F)NCCn1cnc(C2CCCC2)cc1=O. The molecule has 6 heteroatoms. The van der Waals surface area contributed by atoms with Gasteiger partial charge < -0.3 is 5.32 Å². The molecule has 1 saturated carbocycles. The van der Waals surface area contributed by atoms with Crippen LogP contribution in [-0.2, 0) is 17.8 Å². The number of hydrogen-bond acceptors (Lipinski definition) is 3. The molecule has 1 aromatic carbocycles. The van der Waals surface area contributed by atoms with Gasteiger partial charge in [-0.05, 0) is 24.5 Å². The molecule has 0 bridgehead atoms. The number of nitrogens with zero attached hydrogens (tertiary/aromatic N) is 2. The lowest BCUT2D eigenvalue weighted by atomic mass is 10.0. The van der Waals surface area contributed by atoms with Crippen molar-refractivity contribution in [1.29, 1.82) is 0 Å². The van der Waals surface area contributed by atoms with Crippen LogP contribution in [0.4, 0.5) is 4.39 Å². The Morgan fingerprint density at radius 2 is 2.04 bits per heavy atom. The summed E-state index contributed by atoms with van der Waals surface area (Å²) >= 11 is 0. The van der Waals surface area contributed by atoms with Gasteiger partial charge in [0.15, 0.2) is 0 Å². The molecule has 0 spiro atoms. The van der Waals surface area contributed by atoms with Crippen molar-refractivity contribution < 1.29 is 9.18 Å². The molecule has 0 radical (unpaired) electrons. The van der Waals surface area contributed by atoms with E-state index in [0.717, 1.165) is 18.5 Å². The maximum Gasteiger partial charge on any atom is 0.253 e. The smallest absolute Gasteiger partial charge is 0.253 e. The monoisotopic (exact) mass is 343 g/mol. The van der Waals surface area contributed by atoms with E-state index in [1.807, 2.05) is 0 Å². The second-order valence-corrected chi connectivity index (χ2v) is 6.44. The van der Waals surface area contributed by atoms with E-state index in [0.29, 0.717) is 24.6 Å². The molecule has 5 nitrogen and oxygen atoms in total. The number of hydrogen-bond donors (Lipinski definition) is 1. The third-order valence-corrected chi connectivity index (χ3v) is 4.66. The first-order valence-electron chi connectivity index (χ1n) is 8.70. The molecular weight excluding hydrogens is 321 g/mol. The van der Waals surface area contributed by atoms with Gasteiger partial charge in [-0.15, -0.1) is 0 Å². The summed E-state index contributed by atoms with van der Waals surface area (Å²) in [4.78, 5) is 28.5. The maximum absolute atomic E-state index is 13.5. The predicted molar refractivity (Wildman–Crippen MR) is 92.8 cm³/mol. The summed E-state index contributed by atoms with van der Waals surface area (Å²) in [6.45, 7) is 0.650. The van der Waals surface area contributed by atoms with E-state index < -0.39 is 0 Å². The molecule has 1 aromatic heterocycles. The van der Waals surface area contributed by atoms with Crippen LogP contribution >= 0.6 is 0 Å². The first kappa shape index (κ1) is 17.3. The van der Waals surface area contributed by atoms with Crippen molar-refractivity contribution in [2.24, 2.45) is 0 Å². The Bertz CT molecular complexity index is 797. The Morgan fingerprint density at radius 1 is 1.28 bits per heavy atom. The number of benzene rings is 1. The van der Waals surface area contributed by atoms with Crippen LogP contribution in [0.1, 0.15) is 42.9 Å². The van der Waals surface area contributed by atoms with E-state index in [4.69, 9.17) is 0 Å². The zero-order valence-corrected chi connectivity index (χ0v) is 14.1. The van der Waals surface area contributed by atoms with E-state index in [9.17, 15) is 14.0 Å². The number of aromatic nitrogens is 2. The van der Waals surface area contributed by atoms with Crippen molar-refractivity contribution in [3.05, 3.63) is 64.1 Å². The quantitative estimate of drug-likeness (QED) is 0.876. The minimum atomic E-state index is -0.388. The molecule has 25 heavy (non-hydrogen) atoms. The lowest BCUT2D eigenvalue weighted by Gasteiger charge is -2.11. The van der Waals surface area contributed by atoms with Gasteiger partial charge in [0.1, 0.15) is 5.82 Å². The van der Waals surface area contributed by atoms with Crippen molar-refractivity contribution >= 4 is 5.91 Å². The van der Waals surface area contributed by atoms with Gasteiger partial charge in [0, 0.05) is 25.1 Å². The molecule has 2 aromatic rings. The second kappa shape index (κ2) is 8.05. The molecule has 1 aliphatic carbocycles. The topological polar surface area (TPSA) is 64.0 Å². The van der Waals surface area contributed by atoms with Crippen LogP contribution in [0.3, 0.4) is 0 Å². The zero-order chi connectivity index (χ0) is 17.6. The molecule has 132 valence electrons. The van der Waals surface area contributed by atoms with Crippen LogP contribution in [-0.4, -0.2) is 22.0 Å². The average Bonchev–Trinajstić information content (AvgIpc) is 3.13. The third-order valence-electron chi connectivity index (χ3n) is 4.66. The van der Waals surface area contributed by atoms with Gasteiger partial charge in [-0.25, -0.2) is 9.37 Å². The van der Waals surface area contributed by atoms with Crippen LogP contribution < -0.4 is 10.9 Å². The van der Waals surface area contributed by atoms with Crippen LogP contribution in [0.25, 0.3) is 0 Å². The van der Waals surface area contributed by atoms with Gasteiger partial charge >= 0.3 is 0 Å². The van der Waals surface area contributed by atoms with Gasteiger partial charge in [-0.3, -0.25) is 14.2 Å². The second-order valence-electron chi connectivity index (χ2n) is 6.44. The fourth-order valence-corrected chi connectivity index (χ4v) is 3.25. The molecule has 3 rings (SSSR count). The van der Waals surface area contributed by atoms with Gasteiger partial charge in [0.25, 0.3) is 5.56 Å². The molecule has 0 aliphatic heterocycles. The van der Waals surface area contributed by atoms with Crippen molar-refractivity contribution in [3.63, 3.8) is 0 Å². The van der Waals surface area contributed by atoms with E-state index in [1.165, 1.54) is 23.5 Å². The molecular formula is C19H22FN3O2. The Hall–Kier alpha value is -2.50. The first-order valence-corrected chi connectivity index (χ1v) is 8.70. The highest BCUT2D eigenvalue weighted by Gasteiger charge is 2.18. The minimum Gasteiger partial charge on any atom is -0.354 e. The molecule has 1 fully saturated rings. The highest BCUT2D eigenvalue weighted by molar-refractivity contribution is 5.78. The number of carbonyl (C=O) groups is 1. The fraction of sp³-hybridized carbons (Fsp3) is 0.421. The van der Waals surface area contributed by atoms with E-state index >= 15 is 0 Å². The number of halogens is 1. The Labute approximate surface area is 145 Å². The summed E-state index contributed by atoms with van der Waals surface area (Å²) in [5.74, 6) is -0.253. The van der Waals surface area contributed by atoms with Gasteiger partial charge in [0.2, 0.25) is 5.91 Å². The van der Waals surface area contributed by atoms with Crippen LogP contribution in [0.2, 0.25) is 0 Å². The average molecular weight is 343 g/mol. The molecule has 1 amide bonds. The maximum atomic E-state index is 13.5. The number of amides is 1. The number of carbonyl (C=O) groups excluding carboxylic acids is 1. The highest BCUT2D eigenvalue weighted by Crippen LogP contribution is 2.32. The third kappa shape index (κ3) is 4.53.